The number of benzene rings is 1. The fraction of sp³-hybridized carbons (Fsp3) is 0.143. The van der Waals surface area contributed by atoms with Gasteiger partial charge in [-0.25, -0.2) is 0 Å². The molecule has 0 saturated heterocycles. The Bertz CT molecular complexity index is 764. The van der Waals surface area contributed by atoms with Gasteiger partial charge in [-0.3, -0.25) is 9.89 Å². The second-order valence-corrected chi connectivity index (χ2v) is 4.46. The van der Waals surface area contributed by atoms with Gasteiger partial charge in [0.25, 0.3) is 5.91 Å². The van der Waals surface area contributed by atoms with Crippen LogP contribution in [0.4, 0.5) is 11.5 Å². The van der Waals surface area contributed by atoms with Gasteiger partial charge in [-0.15, -0.1) is 10.2 Å². The van der Waals surface area contributed by atoms with E-state index in [1.807, 2.05) is 25.1 Å². The molecule has 0 saturated carbocycles. The summed E-state index contributed by atoms with van der Waals surface area (Å²) < 4.78 is 0. The van der Waals surface area contributed by atoms with Gasteiger partial charge in [0, 0.05) is 17.6 Å². The molecule has 0 bridgehead atoms. The number of anilines is 2. The summed E-state index contributed by atoms with van der Waals surface area (Å²) >= 11 is 0. The van der Waals surface area contributed by atoms with Crippen molar-refractivity contribution in [2.75, 3.05) is 11.9 Å². The molecule has 0 unspecified atom stereocenters. The van der Waals surface area contributed by atoms with Crippen molar-refractivity contribution in [3.63, 3.8) is 0 Å². The van der Waals surface area contributed by atoms with Gasteiger partial charge in [-0.05, 0) is 37.3 Å². The van der Waals surface area contributed by atoms with E-state index in [9.17, 15) is 4.79 Å². The quantitative estimate of drug-likeness (QED) is 0.678. The minimum atomic E-state index is -0.226. The van der Waals surface area contributed by atoms with Crippen LogP contribution in [-0.2, 0) is 0 Å². The molecule has 2 heterocycles. The molecule has 3 N–H and O–H groups in total. The van der Waals surface area contributed by atoms with Crippen LogP contribution in [0.1, 0.15) is 17.4 Å². The molecule has 1 aromatic carbocycles. The number of H-pyrrole nitrogens is 1. The molecule has 0 atom stereocenters. The molecule has 0 aliphatic heterocycles. The fourth-order valence-corrected chi connectivity index (χ4v) is 1.94. The summed E-state index contributed by atoms with van der Waals surface area (Å²) in [5.41, 5.74) is 2.15. The highest BCUT2D eigenvalue weighted by molar-refractivity contribution is 5.92. The van der Waals surface area contributed by atoms with E-state index in [1.165, 1.54) is 0 Å². The van der Waals surface area contributed by atoms with Crippen molar-refractivity contribution in [2.45, 2.75) is 6.92 Å². The van der Waals surface area contributed by atoms with Crippen LogP contribution < -0.4 is 10.6 Å². The molecule has 3 aromatic rings. The van der Waals surface area contributed by atoms with Gasteiger partial charge in [0.2, 0.25) is 0 Å². The maximum absolute atomic E-state index is 11.6. The van der Waals surface area contributed by atoms with E-state index in [2.05, 4.69) is 31.0 Å². The summed E-state index contributed by atoms with van der Waals surface area (Å²) in [4.78, 5) is 11.6. The van der Waals surface area contributed by atoms with Crippen molar-refractivity contribution in [3.8, 4) is 0 Å². The largest absolute Gasteiger partial charge is 0.351 e. The van der Waals surface area contributed by atoms with Crippen LogP contribution in [0.2, 0.25) is 0 Å². The first-order valence-corrected chi connectivity index (χ1v) is 6.58. The number of hydrogen-bond donors (Lipinski definition) is 3. The van der Waals surface area contributed by atoms with Gasteiger partial charge in [-0.1, -0.05) is 0 Å². The maximum Gasteiger partial charge on any atom is 0.271 e. The zero-order chi connectivity index (χ0) is 14.7. The Hall–Kier alpha value is -2.96. The topological polar surface area (TPSA) is 95.6 Å². The molecular weight excluding hydrogens is 268 g/mol. The van der Waals surface area contributed by atoms with Gasteiger partial charge in [0.1, 0.15) is 0 Å². The molecule has 0 radical (unpaired) electrons. The van der Waals surface area contributed by atoms with E-state index < -0.39 is 0 Å². The van der Waals surface area contributed by atoms with Gasteiger partial charge >= 0.3 is 0 Å². The molecule has 7 heteroatoms. The van der Waals surface area contributed by atoms with Crippen molar-refractivity contribution >= 4 is 28.3 Å². The van der Waals surface area contributed by atoms with Crippen LogP contribution in [0, 0.1) is 0 Å². The number of fused-ring (bicyclic) bond motifs is 1. The molecule has 0 aliphatic rings. The molecule has 0 aliphatic carbocycles. The number of carbonyl (C=O) groups is 1. The highest BCUT2D eigenvalue weighted by Gasteiger charge is 2.07. The third kappa shape index (κ3) is 2.81. The predicted octanol–water partition coefficient (Wildman–Crippen LogP) is 1.85. The minimum absolute atomic E-state index is 0.226. The Labute approximate surface area is 120 Å². The number of aromatic nitrogens is 4. The van der Waals surface area contributed by atoms with E-state index in [-0.39, 0.29) is 5.91 Å². The highest BCUT2D eigenvalue weighted by atomic mass is 16.1. The Morgan fingerprint density at radius 2 is 2.14 bits per heavy atom. The summed E-state index contributed by atoms with van der Waals surface area (Å²) in [6.45, 7) is 2.42. The van der Waals surface area contributed by atoms with E-state index in [1.54, 1.807) is 18.3 Å². The number of carbonyl (C=O) groups excluding carboxylic acids is 1. The first-order valence-electron chi connectivity index (χ1n) is 6.58. The van der Waals surface area contributed by atoms with Crippen LogP contribution in [0.3, 0.4) is 0 Å². The molecule has 7 nitrogen and oxygen atoms in total. The van der Waals surface area contributed by atoms with Crippen LogP contribution in [0.15, 0.2) is 36.5 Å². The summed E-state index contributed by atoms with van der Waals surface area (Å²) in [5.74, 6) is 0.349. The average Bonchev–Trinajstić information content (AvgIpc) is 2.96. The zero-order valence-electron chi connectivity index (χ0n) is 11.4. The van der Waals surface area contributed by atoms with Crippen molar-refractivity contribution in [2.24, 2.45) is 0 Å². The number of amides is 1. The summed E-state index contributed by atoms with van der Waals surface area (Å²) in [6, 6.07) is 9.16. The van der Waals surface area contributed by atoms with Crippen molar-refractivity contribution in [1.82, 2.24) is 25.7 Å². The van der Waals surface area contributed by atoms with Gasteiger partial charge in [0.05, 0.1) is 11.7 Å². The van der Waals surface area contributed by atoms with E-state index in [4.69, 9.17) is 0 Å². The molecule has 1 amide bonds. The smallest absolute Gasteiger partial charge is 0.271 e. The summed E-state index contributed by atoms with van der Waals surface area (Å²) in [6.07, 6.45) is 1.75. The normalized spacial score (nSPS) is 10.5. The van der Waals surface area contributed by atoms with Crippen molar-refractivity contribution < 1.29 is 4.79 Å². The maximum atomic E-state index is 11.6. The van der Waals surface area contributed by atoms with Gasteiger partial charge in [-0.2, -0.15) is 5.10 Å². The van der Waals surface area contributed by atoms with Crippen molar-refractivity contribution in [3.05, 3.63) is 42.2 Å². The number of nitrogens with one attached hydrogen (secondary N) is 3. The van der Waals surface area contributed by atoms with Crippen LogP contribution in [-0.4, -0.2) is 32.8 Å². The number of nitrogens with zero attached hydrogens (tertiary/aromatic N) is 3. The first kappa shape index (κ1) is 13.0. The molecule has 2 aromatic heterocycles. The van der Waals surface area contributed by atoms with Crippen LogP contribution in [0.5, 0.6) is 0 Å². The molecule has 3 rings (SSSR count). The van der Waals surface area contributed by atoms with Crippen LogP contribution in [0.25, 0.3) is 10.9 Å². The second-order valence-electron chi connectivity index (χ2n) is 4.46. The number of rotatable bonds is 4. The Balaban J connectivity index is 1.76. The predicted molar refractivity (Wildman–Crippen MR) is 79.4 cm³/mol. The SMILES string of the molecule is CCNC(=O)c1ccc(Nc2ccc3[nH]ncc3c2)nn1. The lowest BCUT2D eigenvalue weighted by molar-refractivity contribution is 0.0950. The minimum Gasteiger partial charge on any atom is -0.351 e. The molecule has 0 fully saturated rings. The monoisotopic (exact) mass is 282 g/mol. The fourth-order valence-electron chi connectivity index (χ4n) is 1.94. The third-order valence-corrected chi connectivity index (χ3v) is 2.95. The van der Waals surface area contributed by atoms with Gasteiger partial charge < -0.3 is 10.6 Å². The van der Waals surface area contributed by atoms with E-state index in [0.717, 1.165) is 16.6 Å². The zero-order valence-corrected chi connectivity index (χ0v) is 11.4. The molecule has 0 spiro atoms. The summed E-state index contributed by atoms with van der Waals surface area (Å²) in [5, 5.41) is 21.6. The second kappa shape index (κ2) is 5.58. The number of aromatic amines is 1. The lowest BCUT2D eigenvalue weighted by Gasteiger charge is -2.05. The first-order chi connectivity index (χ1) is 10.3. The summed E-state index contributed by atoms with van der Waals surface area (Å²) in [7, 11) is 0. The molecule has 106 valence electrons. The number of hydrogen-bond acceptors (Lipinski definition) is 5. The van der Waals surface area contributed by atoms with Crippen LogP contribution >= 0.6 is 0 Å². The molecule has 21 heavy (non-hydrogen) atoms. The lowest BCUT2D eigenvalue weighted by Crippen LogP contribution is -2.24. The lowest BCUT2D eigenvalue weighted by atomic mass is 10.2. The Kier molecular flexibility index (Phi) is 3.46. The van der Waals surface area contributed by atoms with Crippen molar-refractivity contribution in [1.29, 1.82) is 0 Å². The van der Waals surface area contributed by atoms with E-state index >= 15 is 0 Å². The average molecular weight is 282 g/mol. The third-order valence-electron chi connectivity index (χ3n) is 2.95. The highest BCUT2D eigenvalue weighted by Crippen LogP contribution is 2.19. The van der Waals surface area contributed by atoms with E-state index in [0.29, 0.717) is 18.1 Å². The Morgan fingerprint density at radius 1 is 1.24 bits per heavy atom. The molecular formula is C14H14N6O. The van der Waals surface area contributed by atoms with Gasteiger partial charge in [0.15, 0.2) is 11.5 Å². The standard InChI is InChI=1S/C14H14N6O/c1-2-15-14(21)12-5-6-13(20-19-12)17-10-3-4-11-9(7-10)8-16-18-11/h3-8H,2H2,1H3,(H,15,21)(H,16,18)(H,17,20). The Morgan fingerprint density at radius 3 is 2.90 bits per heavy atom.